The summed E-state index contributed by atoms with van der Waals surface area (Å²) in [6.07, 6.45) is 0.778. The number of nitrogens with two attached hydrogens (primary N) is 1. The lowest BCUT2D eigenvalue weighted by atomic mass is 10.3. The molecule has 0 unspecified atom stereocenters. The maximum atomic E-state index is 11.4. The van der Waals surface area contributed by atoms with Crippen molar-refractivity contribution < 1.29 is 14.3 Å². The number of nitrogens with one attached hydrogen (secondary N) is 1. The van der Waals surface area contributed by atoms with E-state index in [1.807, 2.05) is 0 Å². The number of carbonyl (C=O) groups is 1. The standard InChI is InChI=1S/C12H19N3O3S/c1-7(2)18-12(16)15-8(3)6-9(17-5)10(14-4)11(13)19/h6-7H,4H2,1-3,5H3,(H2,13,19)(H,15,16)/b8-6+,10-9+. The van der Waals surface area contributed by atoms with Crippen LogP contribution in [0.1, 0.15) is 20.8 Å². The summed E-state index contributed by atoms with van der Waals surface area (Å²) in [4.78, 5) is 15.1. The number of hydrogen-bond donors (Lipinski definition) is 2. The molecular weight excluding hydrogens is 266 g/mol. The maximum absolute atomic E-state index is 11.4. The molecule has 3 N–H and O–H groups in total. The molecule has 106 valence electrons. The van der Waals surface area contributed by atoms with Crippen LogP contribution in [0, 0.1) is 0 Å². The number of amides is 1. The molecule has 0 saturated heterocycles. The van der Waals surface area contributed by atoms with E-state index in [9.17, 15) is 4.79 Å². The molecule has 7 heteroatoms. The SMILES string of the molecule is C=N/C(C(N)=S)=C(\C=C(/C)NC(=O)OC(C)C)OC. The predicted molar refractivity (Wildman–Crippen MR) is 78.9 cm³/mol. The molecule has 0 spiro atoms. The van der Waals surface area contributed by atoms with Crippen molar-refractivity contribution in [2.45, 2.75) is 26.9 Å². The second-order valence-electron chi connectivity index (χ2n) is 3.85. The van der Waals surface area contributed by atoms with E-state index in [0.29, 0.717) is 11.5 Å². The molecule has 0 heterocycles. The summed E-state index contributed by atoms with van der Waals surface area (Å²) in [5.41, 5.74) is 6.23. The predicted octanol–water partition coefficient (Wildman–Crippen LogP) is 1.87. The van der Waals surface area contributed by atoms with Crippen LogP contribution in [0.3, 0.4) is 0 Å². The quantitative estimate of drug-likeness (QED) is 0.256. The number of aliphatic imine (C=N–C) groups is 1. The largest absolute Gasteiger partial charge is 0.494 e. The Kier molecular flexibility index (Phi) is 7.43. The number of allylic oxidation sites excluding steroid dienone is 2. The van der Waals surface area contributed by atoms with Gasteiger partial charge in [0.1, 0.15) is 16.4 Å². The van der Waals surface area contributed by atoms with E-state index in [1.54, 1.807) is 20.8 Å². The zero-order valence-corrected chi connectivity index (χ0v) is 12.3. The number of ether oxygens (including phenoxy) is 2. The Bertz CT molecular complexity index is 428. The Morgan fingerprint density at radius 1 is 1.53 bits per heavy atom. The summed E-state index contributed by atoms with van der Waals surface area (Å²) in [6, 6.07) is 0. The Balaban J connectivity index is 5.03. The van der Waals surface area contributed by atoms with Crippen molar-refractivity contribution in [3.8, 4) is 0 Å². The molecular formula is C12H19N3O3S. The van der Waals surface area contributed by atoms with Crippen molar-refractivity contribution >= 4 is 30.0 Å². The van der Waals surface area contributed by atoms with E-state index in [2.05, 4.69) is 17.0 Å². The highest BCUT2D eigenvalue weighted by molar-refractivity contribution is 7.80. The van der Waals surface area contributed by atoms with Gasteiger partial charge in [-0.2, -0.15) is 0 Å². The van der Waals surface area contributed by atoms with Crippen LogP contribution in [0.15, 0.2) is 28.2 Å². The van der Waals surface area contributed by atoms with Crippen molar-refractivity contribution in [1.82, 2.24) is 5.32 Å². The molecule has 1 amide bonds. The molecule has 0 aliphatic rings. The summed E-state index contributed by atoms with van der Waals surface area (Å²) in [5.74, 6) is 0.310. The Labute approximate surface area is 118 Å². The molecule has 0 aliphatic heterocycles. The maximum Gasteiger partial charge on any atom is 0.411 e. The van der Waals surface area contributed by atoms with Crippen molar-refractivity contribution in [3.63, 3.8) is 0 Å². The van der Waals surface area contributed by atoms with E-state index in [0.717, 1.165) is 0 Å². The molecule has 0 aromatic heterocycles. The average Bonchev–Trinajstić information content (AvgIpc) is 2.26. The van der Waals surface area contributed by atoms with Gasteiger partial charge in [0.25, 0.3) is 0 Å². The highest BCUT2D eigenvalue weighted by Gasteiger charge is 2.09. The van der Waals surface area contributed by atoms with E-state index < -0.39 is 6.09 Å². The van der Waals surface area contributed by atoms with Crippen LogP contribution in [-0.2, 0) is 9.47 Å². The zero-order chi connectivity index (χ0) is 15.0. The Morgan fingerprint density at radius 3 is 2.47 bits per heavy atom. The lowest BCUT2D eigenvalue weighted by molar-refractivity contribution is 0.118. The third-order valence-electron chi connectivity index (χ3n) is 1.83. The molecule has 0 rings (SSSR count). The van der Waals surface area contributed by atoms with Gasteiger partial charge in [0, 0.05) is 11.8 Å². The first-order valence-corrected chi connectivity index (χ1v) is 5.93. The van der Waals surface area contributed by atoms with Crippen LogP contribution < -0.4 is 11.1 Å². The third kappa shape index (κ3) is 6.56. The fraction of sp³-hybridized carbons (Fsp3) is 0.417. The lowest BCUT2D eigenvalue weighted by Crippen LogP contribution is -2.25. The van der Waals surface area contributed by atoms with Gasteiger partial charge in [-0.1, -0.05) is 12.2 Å². The van der Waals surface area contributed by atoms with Gasteiger partial charge < -0.3 is 15.2 Å². The van der Waals surface area contributed by atoms with Crippen molar-refractivity contribution in [2.75, 3.05) is 7.11 Å². The number of nitrogens with zero attached hydrogens (tertiary/aromatic N) is 1. The smallest absolute Gasteiger partial charge is 0.411 e. The summed E-state index contributed by atoms with van der Waals surface area (Å²) >= 11 is 4.82. The van der Waals surface area contributed by atoms with Crippen molar-refractivity contribution in [2.24, 2.45) is 10.7 Å². The van der Waals surface area contributed by atoms with Crippen LogP contribution >= 0.6 is 12.2 Å². The average molecular weight is 285 g/mol. The molecule has 0 fully saturated rings. The number of rotatable bonds is 6. The van der Waals surface area contributed by atoms with E-state index in [-0.39, 0.29) is 16.8 Å². The van der Waals surface area contributed by atoms with Crippen LogP contribution in [-0.4, -0.2) is 31.0 Å². The molecule has 0 aromatic rings. The van der Waals surface area contributed by atoms with Crippen molar-refractivity contribution in [3.05, 3.63) is 23.2 Å². The van der Waals surface area contributed by atoms with E-state index >= 15 is 0 Å². The molecule has 0 aliphatic carbocycles. The topological polar surface area (TPSA) is 85.9 Å². The molecule has 6 nitrogen and oxygen atoms in total. The lowest BCUT2D eigenvalue weighted by Gasteiger charge is -2.11. The summed E-state index contributed by atoms with van der Waals surface area (Å²) in [7, 11) is 1.44. The summed E-state index contributed by atoms with van der Waals surface area (Å²) < 4.78 is 10.0. The van der Waals surface area contributed by atoms with Crippen LogP contribution in [0.4, 0.5) is 4.79 Å². The molecule has 0 radical (unpaired) electrons. The fourth-order valence-electron chi connectivity index (χ4n) is 1.14. The van der Waals surface area contributed by atoms with Gasteiger partial charge in [-0.05, 0) is 27.5 Å². The Morgan fingerprint density at radius 2 is 2.11 bits per heavy atom. The molecule has 0 bridgehead atoms. The van der Waals surface area contributed by atoms with Crippen molar-refractivity contribution in [1.29, 1.82) is 0 Å². The molecule has 0 saturated carbocycles. The van der Waals surface area contributed by atoms with Gasteiger partial charge in [-0.25, -0.2) is 4.79 Å². The fourth-order valence-corrected chi connectivity index (χ4v) is 1.30. The minimum atomic E-state index is -0.553. The number of carbonyl (C=O) groups excluding carboxylic acids is 1. The van der Waals surface area contributed by atoms with Crippen LogP contribution in [0.5, 0.6) is 0 Å². The third-order valence-corrected chi connectivity index (χ3v) is 2.03. The van der Waals surface area contributed by atoms with E-state index in [1.165, 1.54) is 13.2 Å². The highest BCUT2D eigenvalue weighted by Crippen LogP contribution is 2.10. The first-order chi connectivity index (χ1) is 8.81. The summed E-state index contributed by atoms with van der Waals surface area (Å²) in [5, 5.41) is 2.53. The van der Waals surface area contributed by atoms with Gasteiger partial charge in [0.2, 0.25) is 0 Å². The minimum Gasteiger partial charge on any atom is -0.494 e. The first kappa shape index (κ1) is 17.1. The van der Waals surface area contributed by atoms with Gasteiger partial charge in [0.15, 0.2) is 0 Å². The Hall–Kier alpha value is -1.89. The second-order valence-corrected chi connectivity index (χ2v) is 4.29. The van der Waals surface area contributed by atoms with Crippen LogP contribution in [0.25, 0.3) is 0 Å². The minimum absolute atomic E-state index is 0.0562. The number of thiocarbonyl (C=S) groups is 1. The first-order valence-electron chi connectivity index (χ1n) is 5.52. The molecule has 0 atom stereocenters. The van der Waals surface area contributed by atoms with E-state index in [4.69, 9.17) is 27.4 Å². The number of hydrogen-bond acceptors (Lipinski definition) is 5. The number of methoxy groups -OCH3 is 1. The van der Waals surface area contributed by atoms with Crippen LogP contribution in [0.2, 0.25) is 0 Å². The second kappa shape index (κ2) is 8.25. The van der Waals surface area contributed by atoms with Gasteiger partial charge in [0.05, 0.1) is 13.2 Å². The molecule has 0 aromatic carbocycles. The normalized spacial score (nSPS) is 12.6. The van der Waals surface area contributed by atoms with Gasteiger partial charge in [-0.3, -0.25) is 10.3 Å². The summed E-state index contributed by atoms with van der Waals surface area (Å²) in [6.45, 7) is 8.54. The molecule has 19 heavy (non-hydrogen) atoms. The zero-order valence-electron chi connectivity index (χ0n) is 11.5. The number of alkyl carbamates (subject to hydrolysis) is 1. The van der Waals surface area contributed by atoms with Gasteiger partial charge in [-0.15, -0.1) is 0 Å². The monoisotopic (exact) mass is 285 g/mol. The van der Waals surface area contributed by atoms with Gasteiger partial charge >= 0.3 is 6.09 Å². The highest BCUT2D eigenvalue weighted by atomic mass is 32.1.